The molecule has 3 aromatic carbocycles. The highest BCUT2D eigenvalue weighted by molar-refractivity contribution is 5.98. The predicted octanol–water partition coefficient (Wildman–Crippen LogP) is 6.31. The van der Waals surface area contributed by atoms with E-state index in [1.165, 1.54) is 0 Å². The summed E-state index contributed by atoms with van der Waals surface area (Å²) in [6, 6.07) is 19.1. The Kier molecular flexibility index (Phi) is 19.7. The Bertz CT molecular complexity index is 3130. The maximum absolute atomic E-state index is 15.4. The van der Waals surface area contributed by atoms with Gasteiger partial charge in [-0.15, -0.1) is 0 Å². The van der Waals surface area contributed by atoms with Crippen molar-refractivity contribution < 1.29 is 45.0 Å². The third-order valence-electron chi connectivity index (χ3n) is 19.6. The average molecular weight is 1150 g/mol. The number of fused-ring (bicyclic) bond motifs is 7. The van der Waals surface area contributed by atoms with Crippen LogP contribution in [0.15, 0.2) is 130 Å². The molecule has 3 aliphatic carbocycles. The van der Waals surface area contributed by atoms with Crippen molar-refractivity contribution in [3.8, 4) is 17.6 Å². The molecule has 84 heavy (non-hydrogen) atoms. The standard InChI is InChI=1S/C68H89N7O9/c1-6-74-68(83)31-28-40(2)13-7-8-32-84-58-21-12-18-47-37-67(62(80)60(47)51(58)19-9-14-41(68)3)55-27-26-49(77)34-43-15-10-16-44(33-43)35-53(54(38-73-65(70)71)45-22-24-48(76)25-23-45)57(79)39-72-61-59-46(17-11-20-52(59)63(69)75-64(61)81)36-56(78)42(4)50(55)29-30-66(67,5)82/h9-11,14-17,19-20,22-25,28,33,47,49,53-55,57-58,60-63,72,74,76-77,79-80,82-83H,3,6,12-13,18,21,26-27,29-32,34-39,69H2,1-2,4-5H3,(H,75,81)(H4,70,71,73)/b14-9+,40-28+,50-42+,51-19?/t47-,49-,53-,54-,55-,57+,58-,60-,61+,62-,63+,66-,67-,68+/m1/s1. The Morgan fingerprint density at radius 1 is 0.976 bits per heavy atom. The summed E-state index contributed by atoms with van der Waals surface area (Å²) in [4.78, 5) is 34.1. The van der Waals surface area contributed by atoms with Gasteiger partial charge in [-0.05, 0) is 165 Å². The van der Waals surface area contributed by atoms with Crippen molar-refractivity contribution in [3.63, 3.8) is 0 Å². The topological polar surface area (TPSA) is 291 Å². The van der Waals surface area contributed by atoms with Crippen molar-refractivity contribution in [2.45, 2.75) is 165 Å². The number of Topliss-reactive ketones (excluding diaryl/α,β-unsaturated/α-hetero) is 1. The second-order valence-electron chi connectivity index (χ2n) is 24.9. The number of rotatable bonds is 6. The molecule has 3 fully saturated rings. The second kappa shape index (κ2) is 26.6. The van der Waals surface area contributed by atoms with Crippen LogP contribution in [0.4, 0.5) is 0 Å². The largest absolute Gasteiger partial charge is 0.508 e. The number of nitrogens with two attached hydrogens (primary N) is 3. The van der Waals surface area contributed by atoms with Gasteiger partial charge in [0.1, 0.15) is 30.3 Å². The summed E-state index contributed by atoms with van der Waals surface area (Å²) in [5.74, 6) is 3.68. The first-order chi connectivity index (χ1) is 40.1. The number of hydrogen-bond acceptors (Lipinski definition) is 13. The third-order valence-corrected chi connectivity index (χ3v) is 19.6. The highest BCUT2D eigenvalue weighted by Gasteiger charge is 2.67. The Labute approximate surface area is 495 Å². The Hall–Kier alpha value is -6.23. The number of ketones is 1. The molecule has 2 bridgehead atoms. The fourth-order valence-corrected chi connectivity index (χ4v) is 15.2. The maximum atomic E-state index is 15.4. The van der Waals surface area contributed by atoms with E-state index in [0.717, 1.165) is 46.3 Å². The van der Waals surface area contributed by atoms with Crippen LogP contribution < -0.4 is 33.2 Å². The lowest BCUT2D eigenvalue weighted by molar-refractivity contribution is -0.169. The summed E-state index contributed by atoms with van der Waals surface area (Å²) in [6.45, 7) is 12.7. The number of nitrogens with zero attached hydrogens (tertiary/aromatic N) is 1. The van der Waals surface area contributed by atoms with Gasteiger partial charge in [0.2, 0.25) is 5.91 Å². The number of nitrogens with one attached hydrogen (secondary N) is 3. The first kappa shape index (κ1) is 62.3. The molecule has 14 atom stereocenters. The van der Waals surface area contributed by atoms with Gasteiger partial charge >= 0.3 is 0 Å². The van der Waals surface area contributed by atoms with E-state index in [1.807, 2.05) is 94.5 Å². The molecule has 3 aromatic rings. The molecular formula is C68H89N7O9. The fourth-order valence-electron chi connectivity index (χ4n) is 15.2. The minimum absolute atomic E-state index is 0.0632. The Balaban J connectivity index is 1.14. The number of hydrogen-bond donors (Lipinski definition) is 12. The number of phenols is 1. The van der Waals surface area contributed by atoms with Crippen LogP contribution in [-0.4, -0.2) is 110 Å². The zero-order valence-electron chi connectivity index (χ0n) is 49.3. The van der Waals surface area contributed by atoms with Gasteiger partial charge < -0.3 is 57.9 Å². The number of aliphatic hydroxyl groups excluding tert-OH is 3. The highest BCUT2D eigenvalue weighted by atomic mass is 16.5. The van der Waals surface area contributed by atoms with Gasteiger partial charge in [-0.2, -0.15) is 0 Å². The summed E-state index contributed by atoms with van der Waals surface area (Å²) in [6.07, 6.45) is 8.70. The molecule has 0 aromatic heterocycles. The number of benzene rings is 3. The van der Waals surface area contributed by atoms with Gasteiger partial charge in [0.25, 0.3) is 0 Å². The van der Waals surface area contributed by atoms with Crippen molar-refractivity contribution >= 4 is 17.6 Å². The van der Waals surface area contributed by atoms with Gasteiger partial charge in [0.05, 0.1) is 30.0 Å². The second-order valence-corrected chi connectivity index (χ2v) is 24.9. The molecule has 0 unspecified atom stereocenters. The Morgan fingerprint density at radius 2 is 1.73 bits per heavy atom. The average Bonchev–Trinajstić information content (AvgIpc) is 1.49. The van der Waals surface area contributed by atoms with Crippen LogP contribution in [0.25, 0.3) is 0 Å². The summed E-state index contributed by atoms with van der Waals surface area (Å²) < 4.78 is 6.69. The zero-order chi connectivity index (χ0) is 60.1. The van der Waals surface area contributed by atoms with E-state index in [1.54, 1.807) is 24.3 Å². The number of aliphatic hydroxyl groups is 5. The van der Waals surface area contributed by atoms with Crippen LogP contribution in [0.3, 0.4) is 0 Å². The quantitative estimate of drug-likeness (QED) is 0.0424. The number of β-amino-alcohol motifs (C(OH)–C–C–N with tert-alkyl or cyclic N) is 1. The molecule has 0 radical (unpaired) electrons. The van der Waals surface area contributed by atoms with Crippen molar-refractivity contribution in [1.82, 2.24) is 16.0 Å². The SMILES string of the molecule is C=C1/C=C/C=C2[C@H]3[C@H](CCC[C@H]2OCC#CC/C(C)=C/C[C@@]1(O)NCC)C[C@@]1([C@@H]2CC[C@@H](O)Cc4cccc(c4)C[C@H]([C@H](CN=C(N)N)c4ccc(O)cc4)[C@@H](O)CN[C@@H]4C(=O)N[C@H](N)c5cccc(c54)CC(=O)/C(C)=C/2CC[C@@]1(C)O)[C@@H]3O. The predicted molar refractivity (Wildman–Crippen MR) is 327 cm³/mol. The van der Waals surface area contributed by atoms with E-state index >= 15 is 4.79 Å². The van der Waals surface area contributed by atoms with Crippen LogP contribution >= 0.6 is 0 Å². The first-order valence-corrected chi connectivity index (χ1v) is 30.2. The van der Waals surface area contributed by atoms with E-state index in [2.05, 4.69) is 39.4 Å². The van der Waals surface area contributed by atoms with Crippen LogP contribution in [-0.2, 0) is 33.6 Å². The molecule has 1 spiro atoms. The van der Waals surface area contributed by atoms with E-state index in [9.17, 15) is 35.4 Å². The summed E-state index contributed by atoms with van der Waals surface area (Å²) >= 11 is 0. The zero-order valence-corrected chi connectivity index (χ0v) is 49.3. The van der Waals surface area contributed by atoms with Crippen LogP contribution in [0.1, 0.15) is 143 Å². The number of ether oxygens (including phenoxy) is 1. The van der Waals surface area contributed by atoms with Gasteiger partial charge in [0.15, 0.2) is 11.7 Å². The lowest BCUT2D eigenvalue weighted by Gasteiger charge is -2.56. The number of carbonyl (C=O) groups is 2. The van der Waals surface area contributed by atoms with Crippen molar-refractivity contribution in [2.75, 3.05) is 26.2 Å². The van der Waals surface area contributed by atoms with Crippen molar-refractivity contribution in [2.24, 2.45) is 51.3 Å². The first-order valence-electron chi connectivity index (χ1n) is 30.2. The maximum Gasteiger partial charge on any atom is 0.243 e. The smallest absolute Gasteiger partial charge is 0.243 e. The number of aromatic hydroxyl groups is 1. The van der Waals surface area contributed by atoms with Crippen LogP contribution in [0.2, 0.25) is 0 Å². The molecule has 6 aliphatic rings. The summed E-state index contributed by atoms with van der Waals surface area (Å²) in [5, 5.41) is 83.4. The molecule has 3 aliphatic heterocycles. The van der Waals surface area contributed by atoms with E-state index in [0.29, 0.717) is 79.3 Å². The molecule has 3 heterocycles. The van der Waals surface area contributed by atoms with Gasteiger partial charge in [0, 0.05) is 49.6 Å². The minimum atomic E-state index is -1.41. The molecular weight excluding hydrogens is 1060 g/mol. The lowest BCUT2D eigenvalue weighted by atomic mass is 9.52. The monoisotopic (exact) mass is 1150 g/mol. The molecule has 16 heteroatoms. The molecule has 450 valence electrons. The lowest BCUT2D eigenvalue weighted by Crippen LogP contribution is -2.59. The van der Waals surface area contributed by atoms with E-state index < -0.39 is 82.9 Å². The van der Waals surface area contributed by atoms with Gasteiger partial charge in [-0.25, -0.2) is 0 Å². The molecule has 9 rings (SSSR count). The van der Waals surface area contributed by atoms with Crippen molar-refractivity contribution in [1.29, 1.82) is 0 Å². The van der Waals surface area contributed by atoms with Gasteiger partial charge in [-0.3, -0.25) is 25.2 Å². The molecule has 1 amide bonds. The van der Waals surface area contributed by atoms with E-state index in [-0.39, 0.29) is 68.8 Å². The fraction of sp³-hybridized carbons (Fsp3) is 0.515. The summed E-state index contributed by atoms with van der Waals surface area (Å²) in [7, 11) is 0. The number of aliphatic imine (C=N–C) groups is 1. The Morgan fingerprint density at radius 3 is 2.48 bits per heavy atom. The van der Waals surface area contributed by atoms with Crippen molar-refractivity contribution in [3.05, 3.63) is 159 Å². The third kappa shape index (κ3) is 13.3. The van der Waals surface area contributed by atoms with Gasteiger partial charge in [-0.1, -0.05) is 122 Å². The number of phenolic OH excluding ortho intramolecular Hbond substituents is 1. The highest BCUT2D eigenvalue weighted by Crippen LogP contribution is 2.66. The summed E-state index contributed by atoms with van der Waals surface area (Å²) in [5.41, 5.74) is 22.6. The molecule has 3 saturated carbocycles. The molecule has 15 N–H and O–H groups in total. The minimum Gasteiger partial charge on any atom is -0.508 e. The van der Waals surface area contributed by atoms with E-state index in [4.69, 9.17) is 21.9 Å². The number of guanidine groups is 1. The number of carbonyl (C=O) groups excluding carboxylic acids is 2. The molecule has 0 saturated heterocycles. The normalized spacial score (nSPS) is 35.0. The number of allylic oxidation sites excluding steroid dienone is 5. The van der Waals surface area contributed by atoms with Crippen LogP contribution in [0.5, 0.6) is 5.75 Å². The van der Waals surface area contributed by atoms with Crippen LogP contribution in [0, 0.1) is 40.9 Å². The number of amides is 1. The number of likely N-dealkylation sites (N-methyl/N-ethyl adjacent to an activating group) is 1. The molecule has 16 nitrogen and oxygen atoms in total.